The van der Waals surface area contributed by atoms with Gasteiger partial charge in [-0.2, -0.15) is 0 Å². The van der Waals surface area contributed by atoms with Crippen LogP contribution < -0.4 is 10.2 Å². The molecule has 1 aliphatic rings. The van der Waals surface area contributed by atoms with Gasteiger partial charge in [0, 0.05) is 64.3 Å². The Balaban J connectivity index is 0.00000243. The van der Waals surface area contributed by atoms with Gasteiger partial charge >= 0.3 is 0 Å². The van der Waals surface area contributed by atoms with Crippen LogP contribution in [0.5, 0.6) is 0 Å². The fourth-order valence-electron chi connectivity index (χ4n) is 3.14. The Morgan fingerprint density at radius 1 is 1.04 bits per heavy atom. The zero-order chi connectivity index (χ0) is 17.5. The van der Waals surface area contributed by atoms with E-state index >= 15 is 0 Å². The summed E-state index contributed by atoms with van der Waals surface area (Å²) in [5.74, 6) is 0.982. The summed E-state index contributed by atoms with van der Waals surface area (Å²) in [5.41, 5.74) is 3.21. The first-order valence-electron chi connectivity index (χ1n) is 8.83. The molecule has 1 fully saturated rings. The molecule has 0 amide bonds. The lowest BCUT2D eigenvalue weighted by atomic mass is 10.1. The Labute approximate surface area is 162 Å². The van der Waals surface area contributed by atoms with Gasteiger partial charge in [-0.1, -0.05) is 24.3 Å². The highest BCUT2D eigenvalue weighted by atomic mass is 35.5. The van der Waals surface area contributed by atoms with Gasteiger partial charge in [0.15, 0.2) is 5.82 Å². The van der Waals surface area contributed by atoms with Crippen molar-refractivity contribution in [3.8, 4) is 11.3 Å². The quantitative estimate of drug-likeness (QED) is 0.797. The molecule has 0 aliphatic carbocycles. The standard InChI is InChI=1S/C19H27N5O.ClH/c1-20-9-10-23-11-13-24(14-12-23)19-18(21-7-8-22-19)17-5-3-16(4-6-17)15-25-2;/h3-8,20H,9-15H2,1-2H3;1H. The first-order chi connectivity index (χ1) is 12.3. The molecular weight excluding hydrogens is 350 g/mol. The molecule has 1 saturated heterocycles. The molecule has 1 N–H and O–H groups in total. The van der Waals surface area contributed by atoms with Gasteiger partial charge in [-0.05, 0) is 12.6 Å². The van der Waals surface area contributed by atoms with Crippen molar-refractivity contribution in [2.45, 2.75) is 6.61 Å². The second-order valence-corrected chi connectivity index (χ2v) is 6.29. The molecule has 0 spiro atoms. The van der Waals surface area contributed by atoms with Crippen LogP contribution >= 0.6 is 12.4 Å². The summed E-state index contributed by atoms with van der Waals surface area (Å²) in [6.45, 7) is 6.84. The maximum Gasteiger partial charge on any atom is 0.155 e. The van der Waals surface area contributed by atoms with Gasteiger partial charge in [0.25, 0.3) is 0 Å². The highest BCUT2D eigenvalue weighted by molar-refractivity contribution is 5.85. The second kappa shape index (κ2) is 10.4. The van der Waals surface area contributed by atoms with Gasteiger partial charge in [-0.25, -0.2) is 4.98 Å². The number of rotatable bonds is 7. The number of benzene rings is 1. The number of hydrogen-bond donors (Lipinski definition) is 1. The minimum absolute atomic E-state index is 0. The summed E-state index contributed by atoms with van der Waals surface area (Å²) >= 11 is 0. The fraction of sp³-hybridized carbons (Fsp3) is 0.474. The smallest absolute Gasteiger partial charge is 0.155 e. The Kier molecular flexibility index (Phi) is 8.25. The minimum atomic E-state index is 0. The number of anilines is 1. The maximum absolute atomic E-state index is 5.19. The molecule has 1 aromatic carbocycles. The van der Waals surface area contributed by atoms with Crippen LogP contribution in [-0.2, 0) is 11.3 Å². The van der Waals surface area contributed by atoms with Crippen LogP contribution in [0.2, 0.25) is 0 Å². The van der Waals surface area contributed by atoms with Crippen LogP contribution in [0.1, 0.15) is 5.56 Å². The maximum atomic E-state index is 5.19. The van der Waals surface area contributed by atoms with Crippen molar-refractivity contribution < 1.29 is 4.74 Å². The Bertz CT molecular complexity index is 659. The number of ether oxygens (including phenoxy) is 1. The van der Waals surface area contributed by atoms with E-state index in [4.69, 9.17) is 4.74 Å². The molecule has 2 aromatic rings. The molecule has 2 heterocycles. The van der Waals surface area contributed by atoms with Gasteiger partial charge in [0.1, 0.15) is 5.69 Å². The lowest BCUT2D eigenvalue weighted by molar-refractivity contribution is 0.185. The van der Waals surface area contributed by atoms with Crippen molar-refractivity contribution in [1.82, 2.24) is 20.2 Å². The van der Waals surface area contributed by atoms with E-state index in [-0.39, 0.29) is 12.4 Å². The third-order valence-electron chi connectivity index (χ3n) is 4.57. The number of aromatic nitrogens is 2. The normalized spacial score (nSPS) is 14.9. The van der Waals surface area contributed by atoms with E-state index in [0.717, 1.165) is 61.9 Å². The number of nitrogens with zero attached hydrogens (tertiary/aromatic N) is 4. The average molecular weight is 378 g/mol. The van der Waals surface area contributed by atoms with E-state index in [0.29, 0.717) is 6.61 Å². The highest BCUT2D eigenvalue weighted by Crippen LogP contribution is 2.27. The summed E-state index contributed by atoms with van der Waals surface area (Å²) < 4.78 is 5.19. The van der Waals surface area contributed by atoms with Crippen molar-refractivity contribution >= 4 is 18.2 Å². The van der Waals surface area contributed by atoms with E-state index in [1.54, 1.807) is 19.5 Å². The topological polar surface area (TPSA) is 53.5 Å². The van der Waals surface area contributed by atoms with E-state index in [9.17, 15) is 0 Å². The van der Waals surface area contributed by atoms with E-state index in [1.165, 1.54) is 0 Å². The third-order valence-corrected chi connectivity index (χ3v) is 4.57. The largest absolute Gasteiger partial charge is 0.380 e. The van der Waals surface area contributed by atoms with Gasteiger partial charge in [0.2, 0.25) is 0 Å². The van der Waals surface area contributed by atoms with Crippen molar-refractivity contribution in [2.24, 2.45) is 0 Å². The van der Waals surface area contributed by atoms with Crippen LogP contribution in [0.4, 0.5) is 5.82 Å². The van der Waals surface area contributed by atoms with Gasteiger partial charge < -0.3 is 15.0 Å². The number of likely N-dealkylation sites (N-methyl/N-ethyl adjacent to an activating group) is 1. The van der Waals surface area contributed by atoms with Crippen LogP contribution in [0.25, 0.3) is 11.3 Å². The van der Waals surface area contributed by atoms with E-state index in [2.05, 4.69) is 49.4 Å². The summed E-state index contributed by atoms with van der Waals surface area (Å²) in [6, 6.07) is 8.38. The number of piperazine rings is 1. The van der Waals surface area contributed by atoms with E-state index < -0.39 is 0 Å². The second-order valence-electron chi connectivity index (χ2n) is 6.29. The summed E-state index contributed by atoms with van der Waals surface area (Å²) in [4.78, 5) is 14.1. The fourth-order valence-corrected chi connectivity index (χ4v) is 3.14. The Morgan fingerprint density at radius 2 is 1.73 bits per heavy atom. The molecule has 0 radical (unpaired) electrons. The average Bonchev–Trinajstić information content (AvgIpc) is 2.68. The van der Waals surface area contributed by atoms with Crippen molar-refractivity contribution in [3.63, 3.8) is 0 Å². The van der Waals surface area contributed by atoms with Crippen LogP contribution in [0.15, 0.2) is 36.7 Å². The van der Waals surface area contributed by atoms with Gasteiger partial charge in [-0.15, -0.1) is 12.4 Å². The van der Waals surface area contributed by atoms with Crippen LogP contribution in [-0.4, -0.2) is 68.3 Å². The Hall–Kier alpha value is -1.73. The lowest BCUT2D eigenvalue weighted by Crippen LogP contribution is -2.48. The number of hydrogen-bond acceptors (Lipinski definition) is 6. The zero-order valence-corrected chi connectivity index (χ0v) is 16.3. The molecule has 1 aliphatic heterocycles. The Morgan fingerprint density at radius 3 is 2.38 bits per heavy atom. The molecule has 0 atom stereocenters. The predicted octanol–water partition coefficient (Wildman–Crippen LogP) is 2.05. The van der Waals surface area contributed by atoms with E-state index in [1.807, 2.05) is 7.05 Å². The molecule has 0 saturated carbocycles. The minimum Gasteiger partial charge on any atom is -0.380 e. The molecular formula is C19H28ClN5O. The molecule has 0 bridgehead atoms. The van der Waals surface area contributed by atoms with Crippen molar-refractivity contribution in [3.05, 3.63) is 42.2 Å². The molecule has 0 unspecified atom stereocenters. The van der Waals surface area contributed by atoms with Gasteiger partial charge in [0.05, 0.1) is 6.61 Å². The zero-order valence-electron chi connectivity index (χ0n) is 15.5. The number of methoxy groups -OCH3 is 1. The highest BCUT2D eigenvalue weighted by Gasteiger charge is 2.21. The third kappa shape index (κ3) is 5.14. The SMILES string of the molecule is CNCCN1CCN(c2nccnc2-c2ccc(COC)cc2)CC1.Cl. The van der Waals surface area contributed by atoms with Crippen LogP contribution in [0, 0.1) is 0 Å². The number of nitrogens with one attached hydrogen (secondary N) is 1. The first-order valence-corrected chi connectivity index (χ1v) is 8.83. The van der Waals surface area contributed by atoms with Crippen LogP contribution in [0.3, 0.4) is 0 Å². The summed E-state index contributed by atoms with van der Waals surface area (Å²) in [6.07, 6.45) is 3.55. The predicted molar refractivity (Wildman–Crippen MR) is 108 cm³/mol. The number of halogens is 1. The molecule has 3 rings (SSSR count). The summed E-state index contributed by atoms with van der Waals surface area (Å²) in [5, 5.41) is 3.22. The molecule has 142 valence electrons. The monoisotopic (exact) mass is 377 g/mol. The summed E-state index contributed by atoms with van der Waals surface area (Å²) in [7, 11) is 3.71. The molecule has 1 aromatic heterocycles. The van der Waals surface area contributed by atoms with Crippen molar-refractivity contribution in [1.29, 1.82) is 0 Å². The lowest BCUT2D eigenvalue weighted by Gasteiger charge is -2.35. The van der Waals surface area contributed by atoms with Crippen molar-refractivity contribution in [2.75, 3.05) is 58.3 Å². The first kappa shape index (κ1) is 20.6. The van der Waals surface area contributed by atoms with Gasteiger partial charge in [-0.3, -0.25) is 9.88 Å². The molecule has 7 heteroatoms. The molecule has 26 heavy (non-hydrogen) atoms. The molecule has 6 nitrogen and oxygen atoms in total.